The van der Waals surface area contributed by atoms with Gasteiger partial charge in [0, 0.05) is 17.0 Å². The molecule has 1 aliphatic heterocycles. The number of aliphatic carboxylic acids is 2. The van der Waals surface area contributed by atoms with E-state index in [1.807, 2.05) is 4.90 Å². The maximum atomic E-state index is 12.6. The quantitative estimate of drug-likeness (QED) is 0.142. The number of carbonyl (C=O) groups excluding carboxylic acids is 2. The molecule has 2 aromatic rings. The Kier molecular flexibility index (Phi) is 7.97. The van der Waals surface area contributed by atoms with Gasteiger partial charge in [-0.1, -0.05) is 0 Å². The van der Waals surface area contributed by atoms with Crippen molar-refractivity contribution in [3.8, 4) is 5.75 Å². The van der Waals surface area contributed by atoms with Gasteiger partial charge in [-0.15, -0.1) is 11.3 Å². The summed E-state index contributed by atoms with van der Waals surface area (Å²) in [6.45, 7) is 0.981. The number of thiophene rings is 1. The number of likely N-dealkylation sites (tertiary alicyclic amines) is 1. The second-order valence-corrected chi connectivity index (χ2v) is 8.89. The van der Waals surface area contributed by atoms with Crippen LogP contribution in [0.3, 0.4) is 0 Å². The minimum Gasteiger partial charge on any atom is -0.481 e. The van der Waals surface area contributed by atoms with Crippen LogP contribution in [0, 0.1) is 5.41 Å². The van der Waals surface area contributed by atoms with E-state index in [2.05, 4.69) is 5.32 Å². The summed E-state index contributed by atoms with van der Waals surface area (Å²) in [5.41, 5.74) is 5.92. The first kappa shape index (κ1) is 24.9. The van der Waals surface area contributed by atoms with E-state index >= 15 is 0 Å². The van der Waals surface area contributed by atoms with Crippen molar-refractivity contribution in [1.29, 1.82) is 5.41 Å². The summed E-state index contributed by atoms with van der Waals surface area (Å²) in [6.07, 6.45) is 0.536. The summed E-state index contributed by atoms with van der Waals surface area (Å²) < 4.78 is 5.35. The summed E-state index contributed by atoms with van der Waals surface area (Å²) in [5.74, 6) is -3.57. The zero-order valence-corrected chi connectivity index (χ0v) is 18.8. The molecular formula is C22H24N4O7S. The normalized spacial score (nSPS) is 16.5. The first-order valence-corrected chi connectivity index (χ1v) is 11.2. The van der Waals surface area contributed by atoms with E-state index in [4.69, 9.17) is 26.1 Å². The van der Waals surface area contributed by atoms with Gasteiger partial charge in [-0.3, -0.25) is 19.9 Å². The number of esters is 1. The molecule has 34 heavy (non-hydrogen) atoms. The summed E-state index contributed by atoms with van der Waals surface area (Å²) in [5, 5.41) is 27.7. The van der Waals surface area contributed by atoms with Crippen LogP contribution in [0.25, 0.3) is 0 Å². The number of nitrogens with one attached hydrogen (secondary N) is 2. The van der Waals surface area contributed by atoms with Crippen LogP contribution in [-0.4, -0.2) is 63.4 Å². The minimum atomic E-state index is -1.50. The lowest BCUT2D eigenvalue weighted by Crippen LogP contribution is -2.49. The minimum absolute atomic E-state index is 0.0879. The first-order valence-electron chi connectivity index (χ1n) is 10.4. The number of carboxylic acids is 2. The molecular weight excluding hydrogens is 464 g/mol. The molecule has 180 valence electrons. The van der Waals surface area contributed by atoms with Crippen molar-refractivity contribution in [2.24, 2.45) is 5.73 Å². The number of carboxylic acid groups (broad SMARTS) is 2. The lowest BCUT2D eigenvalue weighted by Gasteiger charge is -2.24. The van der Waals surface area contributed by atoms with E-state index in [0.717, 1.165) is 11.3 Å². The van der Waals surface area contributed by atoms with Crippen LogP contribution in [0.1, 0.15) is 39.4 Å². The van der Waals surface area contributed by atoms with Crippen LogP contribution in [0.15, 0.2) is 36.4 Å². The zero-order valence-electron chi connectivity index (χ0n) is 18.0. The molecule has 1 aliphatic rings. The number of carbonyl (C=O) groups is 4. The van der Waals surface area contributed by atoms with Crippen LogP contribution in [-0.2, 0) is 20.9 Å². The number of amidine groups is 1. The lowest BCUT2D eigenvalue weighted by molar-refractivity contribution is -0.147. The highest BCUT2D eigenvalue weighted by Gasteiger charge is 2.34. The van der Waals surface area contributed by atoms with Crippen LogP contribution < -0.4 is 15.8 Å². The van der Waals surface area contributed by atoms with Crippen LogP contribution in [0.5, 0.6) is 5.75 Å². The first-order chi connectivity index (χ1) is 16.1. The monoisotopic (exact) mass is 488 g/mol. The second-order valence-electron chi connectivity index (χ2n) is 7.72. The maximum absolute atomic E-state index is 12.6. The molecule has 1 saturated heterocycles. The molecule has 1 amide bonds. The van der Waals surface area contributed by atoms with Gasteiger partial charge in [-0.25, -0.2) is 9.59 Å². The molecule has 0 bridgehead atoms. The van der Waals surface area contributed by atoms with Gasteiger partial charge in [0.05, 0.1) is 12.5 Å². The van der Waals surface area contributed by atoms with Crippen LogP contribution in [0.2, 0.25) is 0 Å². The van der Waals surface area contributed by atoms with E-state index in [1.54, 1.807) is 36.4 Å². The topological polar surface area (TPSA) is 183 Å². The van der Waals surface area contributed by atoms with E-state index in [-0.39, 0.29) is 5.84 Å². The Balaban J connectivity index is 1.60. The standard InChI is InChI=1S/C22H24N4O7S/c23-19(24)12-3-5-13(6-4-12)33-22(32)17-8-7-14(34-17)11-26-9-1-2-16(26)20(29)25-15(21(30)31)10-18(27)28/h3-8,15-16H,1-2,9-11H2,(H3,23,24)(H,25,29)(H,27,28)(H,30,31)/t15-,16-/m0/s1. The van der Waals surface area contributed by atoms with Crippen molar-refractivity contribution in [3.05, 3.63) is 51.7 Å². The van der Waals surface area contributed by atoms with E-state index < -0.39 is 42.3 Å². The van der Waals surface area contributed by atoms with Crippen molar-refractivity contribution in [2.75, 3.05) is 6.54 Å². The molecule has 1 fully saturated rings. The van der Waals surface area contributed by atoms with Gasteiger partial charge in [-0.2, -0.15) is 0 Å². The second kappa shape index (κ2) is 10.9. The highest BCUT2D eigenvalue weighted by molar-refractivity contribution is 7.13. The predicted molar refractivity (Wildman–Crippen MR) is 122 cm³/mol. The smallest absolute Gasteiger partial charge is 0.353 e. The van der Waals surface area contributed by atoms with Gasteiger partial charge in [0.2, 0.25) is 5.91 Å². The number of ether oxygens (including phenoxy) is 1. The largest absolute Gasteiger partial charge is 0.481 e. The Morgan fingerprint density at radius 1 is 1.18 bits per heavy atom. The molecule has 6 N–H and O–H groups in total. The van der Waals surface area contributed by atoms with Crippen molar-refractivity contribution in [2.45, 2.75) is 37.9 Å². The Labute approximate surface area is 198 Å². The van der Waals surface area contributed by atoms with Gasteiger partial charge in [0.1, 0.15) is 22.5 Å². The third-order valence-corrected chi connectivity index (χ3v) is 6.31. The van der Waals surface area contributed by atoms with Gasteiger partial charge < -0.3 is 26.0 Å². The summed E-state index contributed by atoms with van der Waals surface area (Å²) in [7, 11) is 0. The summed E-state index contributed by atoms with van der Waals surface area (Å²) in [4.78, 5) is 50.3. The fraction of sp³-hybridized carbons (Fsp3) is 0.318. The third kappa shape index (κ3) is 6.39. The van der Waals surface area contributed by atoms with Gasteiger partial charge >= 0.3 is 17.9 Å². The Morgan fingerprint density at radius 3 is 2.50 bits per heavy atom. The van der Waals surface area contributed by atoms with Crippen molar-refractivity contribution in [3.63, 3.8) is 0 Å². The van der Waals surface area contributed by atoms with Crippen molar-refractivity contribution in [1.82, 2.24) is 10.2 Å². The fourth-order valence-electron chi connectivity index (χ4n) is 3.59. The van der Waals surface area contributed by atoms with E-state index in [1.165, 1.54) is 11.3 Å². The molecule has 0 saturated carbocycles. The lowest BCUT2D eigenvalue weighted by atomic mass is 10.1. The molecule has 0 unspecified atom stereocenters. The summed E-state index contributed by atoms with van der Waals surface area (Å²) >= 11 is 1.22. The Hall–Kier alpha value is -3.77. The number of nitrogen functional groups attached to an aromatic ring is 1. The highest BCUT2D eigenvalue weighted by atomic mass is 32.1. The number of amides is 1. The molecule has 2 atom stereocenters. The van der Waals surface area contributed by atoms with E-state index in [0.29, 0.717) is 35.7 Å². The fourth-order valence-corrected chi connectivity index (χ4v) is 4.50. The molecule has 1 aromatic carbocycles. The third-order valence-electron chi connectivity index (χ3n) is 5.26. The van der Waals surface area contributed by atoms with Gasteiger partial charge in [-0.05, 0) is 55.8 Å². The van der Waals surface area contributed by atoms with Gasteiger partial charge in [0.15, 0.2) is 0 Å². The van der Waals surface area contributed by atoms with Crippen molar-refractivity contribution < 1.29 is 34.1 Å². The number of benzene rings is 1. The Morgan fingerprint density at radius 2 is 1.88 bits per heavy atom. The Bertz CT molecular complexity index is 1100. The number of rotatable bonds is 10. The molecule has 12 heteroatoms. The number of nitrogens with zero attached hydrogens (tertiary/aromatic N) is 1. The molecule has 3 rings (SSSR count). The number of nitrogens with two attached hydrogens (primary N) is 1. The molecule has 0 spiro atoms. The van der Waals surface area contributed by atoms with Crippen molar-refractivity contribution >= 4 is 41.0 Å². The predicted octanol–water partition coefficient (Wildman–Crippen LogP) is 1.26. The molecule has 2 heterocycles. The van der Waals surface area contributed by atoms with E-state index in [9.17, 15) is 19.2 Å². The van der Waals surface area contributed by atoms with Crippen LogP contribution >= 0.6 is 11.3 Å². The molecule has 11 nitrogen and oxygen atoms in total. The average Bonchev–Trinajstić information content (AvgIpc) is 3.43. The van der Waals surface area contributed by atoms with Crippen LogP contribution in [0.4, 0.5) is 0 Å². The summed E-state index contributed by atoms with van der Waals surface area (Å²) in [6, 6.07) is 7.55. The van der Waals surface area contributed by atoms with Gasteiger partial charge in [0.25, 0.3) is 0 Å². The molecule has 0 aliphatic carbocycles. The SMILES string of the molecule is N=C(N)c1ccc(OC(=O)c2ccc(CN3CCC[C@H]3C(=O)N[C@@H](CC(=O)O)C(=O)O)s2)cc1. The number of hydrogen-bond acceptors (Lipinski definition) is 8. The molecule has 0 radical (unpaired) electrons. The average molecular weight is 489 g/mol. The maximum Gasteiger partial charge on any atom is 0.353 e. The highest BCUT2D eigenvalue weighted by Crippen LogP contribution is 2.25. The zero-order chi connectivity index (χ0) is 24.8. The number of hydrogen-bond donors (Lipinski definition) is 5. The molecule has 1 aromatic heterocycles.